The topological polar surface area (TPSA) is 78.7 Å². The summed E-state index contributed by atoms with van der Waals surface area (Å²) in [7, 11) is 0. The summed E-state index contributed by atoms with van der Waals surface area (Å²) in [6, 6.07) is 5.03. The summed E-state index contributed by atoms with van der Waals surface area (Å²) in [5, 5.41) is 8.68. The predicted octanol–water partition coefficient (Wildman–Crippen LogP) is 2.14. The van der Waals surface area contributed by atoms with Crippen LogP contribution in [0.3, 0.4) is 0 Å². The molecule has 1 N–H and O–H groups in total. The summed E-state index contributed by atoms with van der Waals surface area (Å²) in [5.74, 6) is 0.675. The van der Waals surface area contributed by atoms with E-state index in [-0.39, 0.29) is 17.7 Å². The van der Waals surface area contributed by atoms with E-state index in [1.165, 1.54) is 11.3 Å². The molecule has 3 rings (SSSR count). The van der Waals surface area contributed by atoms with Crippen LogP contribution in [0.2, 0.25) is 0 Å². The first kappa shape index (κ1) is 19.6. The lowest BCUT2D eigenvalue weighted by atomic mass is 10.0. The normalized spacial score (nSPS) is 16.5. The summed E-state index contributed by atoms with van der Waals surface area (Å²) in [5.41, 5.74) is 0.875. The van der Waals surface area contributed by atoms with E-state index in [0.717, 1.165) is 24.5 Å². The maximum atomic E-state index is 13.0. The number of carbonyl (C=O) groups is 2. The summed E-state index contributed by atoms with van der Waals surface area (Å²) >= 11 is 1.38. The van der Waals surface area contributed by atoms with Gasteiger partial charge < -0.3 is 14.7 Å². The van der Waals surface area contributed by atoms with E-state index < -0.39 is 6.04 Å². The lowest BCUT2D eigenvalue weighted by molar-refractivity contribution is -0.136. The molecule has 0 bridgehead atoms. The van der Waals surface area contributed by atoms with Crippen LogP contribution < -0.4 is 5.32 Å². The van der Waals surface area contributed by atoms with Crippen molar-refractivity contribution >= 4 is 23.2 Å². The van der Waals surface area contributed by atoms with Gasteiger partial charge in [0.05, 0.1) is 17.1 Å². The average Bonchev–Trinajstić information content (AvgIpc) is 3.31. The predicted molar refractivity (Wildman–Crippen MR) is 104 cm³/mol. The van der Waals surface area contributed by atoms with Crippen LogP contribution in [-0.2, 0) is 11.3 Å². The van der Waals surface area contributed by atoms with Crippen LogP contribution in [0, 0.1) is 12.8 Å². The molecule has 0 radical (unpaired) electrons. The van der Waals surface area contributed by atoms with Gasteiger partial charge in [-0.05, 0) is 24.3 Å². The number of nitrogens with one attached hydrogen (secondary N) is 1. The van der Waals surface area contributed by atoms with Crippen LogP contribution in [0.25, 0.3) is 0 Å². The second kappa shape index (κ2) is 8.67. The van der Waals surface area contributed by atoms with Crippen LogP contribution in [0.15, 0.2) is 28.1 Å². The van der Waals surface area contributed by atoms with Crippen LogP contribution in [0.1, 0.15) is 35.0 Å². The van der Waals surface area contributed by atoms with Gasteiger partial charge >= 0.3 is 0 Å². The molecule has 0 aromatic carbocycles. The second-order valence-electron chi connectivity index (χ2n) is 7.21. The van der Waals surface area contributed by atoms with Crippen molar-refractivity contribution in [3.8, 4) is 0 Å². The van der Waals surface area contributed by atoms with Crippen molar-refractivity contribution < 1.29 is 14.1 Å². The number of thiophene rings is 1. The molecular formula is C19H26N4O3S. The third-order valence-corrected chi connectivity index (χ3v) is 5.57. The Labute approximate surface area is 163 Å². The van der Waals surface area contributed by atoms with Crippen LogP contribution in [-0.4, -0.2) is 59.0 Å². The number of aryl methyl sites for hydroxylation is 1. The molecule has 0 aliphatic carbocycles. The molecule has 1 saturated heterocycles. The van der Waals surface area contributed by atoms with Crippen molar-refractivity contribution in [3.05, 3.63) is 39.9 Å². The summed E-state index contributed by atoms with van der Waals surface area (Å²) < 4.78 is 5.27. The Hall–Kier alpha value is -2.19. The number of rotatable bonds is 6. The molecule has 2 amide bonds. The minimum atomic E-state index is -0.511. The molecule has 0 spiro atoms. The lowest BCUT2D eigenvalue weighted by Crippen LogP contribution is -2.56. The molecule has 2 aromatic heterocycles. The van der Waals surface area contributed by atoms with Crippen LogP contribution in [0.5, 0.6) is 0 Å². The van der Waals surface area contributed by atoms with E-state index in [9.17, 15) is 9.59 Å². The molecule has 27 heavy (non-hydrogen) atoms. The summed E-state index contributed by atoms with van der Waals surface area (Å²) in [6.07, 6.45) is 0. The Kier molecular flexibility index (Phi) is 6.28. The highest BCUT2D eigenvalue weighted by molar-refractivity contribution is 7.12. The summed E-state index contributed by atoms with van der Waals surface area (Å²) in [4.78, 5) is 30.1. The van der Waals surface area contributed by atoms with Gasteiger partial charge in [0.15, 0.2) is 5.76 Å². The van der Waals surface area contributed by atoms with Crippen molar-refractivity contribution in [2.24, 2.45) is 5.92 Å². The summed E-state index contributed by atoms with van der Waals surface area (Å²) in [6.45, 7) is 9.35. The van der Waals surface area contributed by atoms with E-state index in [1.54, 1.807) is 6.07 Å². The highest BCUT2D eigenvalue weighted by Gasteiger charge is 2.31. The minimum Gasteiger partial charge on any atom is -0.360 e. The van der Waals surface area contributed by atoms with E-state index in [0.29, 0.717) is 24.5 Å². The molecule has 1 fully saturated rings. The average molecular weight is 391 g/mol. The fourth-order valence-corrected chi connectivity index (χ4v) is 3.79. The standard InChI is InChI=1S/C19H26N4O3S/c1-13(2)17(20-18(24)16-5-4-10-27-16)19(25)23-8-6-22(7-9-23)12-15-11-14(3)21-26-15/h4-5,10-11,13,17H,6-9,12H2,1-3H3,(H,20,24). The Balaban J connectivity index is 1.55. The first-order chi connectivity index (χ1) is 12.9. The Morgan fingerprint density at radius 3 is 2.59 bits per heavy atom. The lowest BCUT2D eigenvalue weighted by Gasteiger charge is -2.36. The second-order valence-corrected chi connectivity index (χ2v) is 8.16. The third-order valence-electron chi connectivity index (χ3n) is 4.70. The van der Waals surface area contributed by atoms with Crippen molar-refractivity contribution in [2.45, 2.75) is 33.4 Å². The number of nitrogens with zero attached hydrogens (tertiary/aromatic N) is 3. The van der Waals surface area contributed by atoms with Gasteiger partial charge in [0.1, 0.15) is 6.04 Å². The molecule has 3 heterocycles. The van der Waals surface area contributed by atoms with Crippen LogP contribution in [0.4, 0.5) is 0 Å². The van der Waals surface area contributed by atoms with Crippen LogP contribution >= 0.6 is 11.3 Å². The monoisotopic (exact) mass is 390 g/mol. The first-order valence-corrected chi connectivity index (χ1v) is 10.1. The minimum absolute atomic E-state index is 0.00920. The van der Waals surface area contributed by atoms with Crippen molar-refractivity contribution in [3.63, 3.8) is 0 Å². The number of hydrogen-bond acceptors (Lipinski definition) is 6. The smallest absolute Gasteiger partial charge is 0.262 e. The quantitative estimate of drug-likeness (QED) is 0.818. The number of amides is 2. The molecule has 1 unspecified atom stereocenters. The highest BCUT2D eigenvalue weighted by Crippen LogP contribution is 2.14. The SMILES string of the molecule is Cc1cc(CN2CCN(C(=O)C(NC(=O)c3cccs3)C(C)C)CC2)on1. The van der Waals surface area contributed by atoms with Crippen molar-refractivity contribution in [2.75, 3.05) is 26.2 Å². The molecule has 1 atom stereocenters. The molecule has 8 heteroatoms. The van der Waals surface area contributed by atoms with E-state index >= 15 is 0 Å². The maximum Gasteiger partial charge on any atom is 0.262 e. The third kappa shape index (κ3) is 4.95. The van der Waals surface area contributed by atoms with Gasteiger partial charge in [-0.2, -0.15) is 0 Å². The number of hydrogen-bond donors (Lipinski definition) is 1. The van der Waals surface area contributed by atoms with Gasteiger partial charge in [-0.15, -0.1) is 11.3 Å². The van der Waals surface area contributed by atoms with E-state index in [4.69, 9.17) is 4.52 Å². The molecule has 7 nitrogen and oxygen atoms in total. The van der Waals surface area contributed by atoms with Crippen molar-refractivity contribution in [1.29, 1.82) is 0 Å². The van der Waals surface area contributed by atoms with Gasteiger partial charge in [-0.25, -0.2) is 0 Å². The number of carbonyl (C=O) groups excluding carboxylic acids is 2. The van der Waals surface area contributed by atoms with Gasteiger partial charge in [0.25, 0.3) is 5.91 Å². The Morgan fingerprint density at radius 1 is 1.30 bits per heavy atom. The zero-order valence-electron chi connectivity index (χ0n) is 16.0. The van der Waals surface area contributed by atoms with E-state index in [2.05, 4.69) is 15.4 Å². The first-order valence-electron chi connectivity index (χ1n) is 9.21. The zero-order chi connectivity index (χ0) is 19.4. The number of aromatic nitrogens is 1. The number of piperazine rings is 1. The molecular weight excluding hydrogens is 364 g/mol. The van der Waals surface area contributed by atoms with Gasteiger partial charge in [0, 0.05) is 32.2 Å². The molecule has 1 aliphatic heterocycles. The Bertz CT molecular complexity index is 764. The zero-order valence-corrected chi connectivity index (χ0v) is 16.8. The molecule has 2 aromatic rings. The van der Waals surface area contributed by atoms with E-state index in [1.807, 2.05) is 43.2 Å². The fourth-order valence-electron chi connectivity index (χ4n) is 3.17. The molecule has 0 saturated carbocycles. The van der Waals surface area contributed by atoms with Gasteiger partial charge in [0.2, 0.25) is 5.91 Å². The molecule has 146 valence electrons. The molecule has 1 aliphatic rings. The fraction of sp³-hybridized carbons (Fsp3) is 0.526. The van der Waals surface area contributed by atoms with Gasteiger partial charge in [-0.3, -0.25) is 14.5 Å². The van der Waals surface area contributed by atoms with Crippen molar-refractivity contribution in [1.82, 2.24) is 20.3 Å². The van der Waals surface area contributed by atoms with Gasteiger partial charge in [-0.1, -0.05) is 25.1 Å². The highest BCUT2D eigenvalue weighted by atomic mass is 32.1. The largest absolute Gasteiger partial charge is 0.360 e. The maximum absolute atomic E-state index is 13.0. The Morgan fingerprint density at radius 2 is 2.04 bits per heavy atom.